The third kappa shape index (κ3) is 11.6. The Balaban J connectivity index is 0. The molecule has 0 aliphatic carbocycles. The fourth-order valence-electron chi connectivity index (χ4n) is 3.07. The SMILES string of the molecule is O=C([O-])c1cc(/C=C/c2ccc(/C=C/c3cc(C(=O)[O-])cc(C(=O)[O-])c3)cc2)cc(C(=O)[O-])c1.[Na+].[Na+].[Na+].[Na+]. The van der Waals surface area contributed by atoms with Crippen LogP contribution in [0.15, 0.2) is 60.7 Å². The molecule has 0 fully saturated rings. The minimum Gasteiger partial charge on any atom is -0.545 e. The number of carboxylic acids is 4. The summed E-state index contributed by atoms with van der Waals surface area (Å²) in [6.07, 6.45) is 6.38. The summed E-state index contributed by atoms with van der Waals surface area (Å²) in [7, 11) is 0. The van der Waals surface area contributed by atoms with E-state index in [1.165, 1.54) is 36.4 Å². The molecule has 0 aliphatic rings. The van der Waals surface area contributed by atoms with Crippen LogP contribution in [0.5, 0.6) is 0 Å². The average molecular weight is 546 g/mol. The predicted molar refractivity (Wildman–Crippen MR) is 115 cm³/mol. The van der Waals surface area contributed by atoms with Crippen LogP contribution in [0, 0.1) is 0 Å². The van der Waals surface area contributed by atoms with Gasteiger partial charge in [0.15, 0.2) is 0 Å². The number of hydrogen-bond acceptors (Lipinski definition) is 8. The molecule has 0 bridgehead atoms. The summed E-state index contributed by atoms with van der Waals surface area (Å²) < 4.78 is 0. The van der Waals surface area contributed by atoms with Crippen LogP contribution in [-0.4, -0.2) is 23.9 Å². The Morgan fingerprint density at radius 1 is 0.395 bits per heavy atom. The van der Waals surface area contributed by atoms with Gasteiger partial charge in [0.05, 0.1) is 23.9 Å². The first-order valence-electron chi connectivity index (χ1n) is 9.74. The molecule has 3 rings (SSSR count). The predicted octanol–water partition coefficient (Wildman–Crippen LogP) is -12.5. The van der Waals surface area contributed by atoms with E-state index in [1.807, 2.05) is 0 Å². The molecule has 0 spiro atoms. The first-order valence-corrected chi connectivity index (χ1v) is 9.74. The Hall–Kier alpha value is -0.980. The zero-order chi connectivity index (χ0) is 24.8. The fourth-order valence-corrected chi connectivity index (χ4v) is 3.07. The van der Waals surface area contributed by atoms with E-state index in [4.69, 9.17) is 0 Å². The molecule has 0 saturated carbocycles. The van der Waals surface area contributed by atoms with E-state index in [2.05, 4.69) is 0 Å². The third-order valence-electron chi connectivity index (χ3n) is 4.73. The molecular formula is C26H14Na4O8. The van der Waals surface area contributed by atoms with E-state index in [9.17, 15) is 39.6 Å². The van der Waals surface area contributed by atoms with Gasteiger partial charge in [0.2, 0.25) is 0 Å². The fraction of sp³-hybridized carbons (Fsp3) is 0. The first-order chi connectivity index (χ1) is 16.1. The number of hydrogen-bond donors (Lipinski definition) is 0. The van der Waals surface area contributed by atoms with Crippen molar-refractivity contribution in [2.24, 2.45) is 0 Å². The van der Waals surface area contributed by atoms with Crippen LogP contribution in [0.4, 0.5) is 0 Å². The molecule has 8 nitrogen and oxygen atoms in total. The minimum atomic E-state index is -1.51. The summed E-state index contributed by atoms with van der Waals surface area (Å²) in [5.74, 6) is -6.03. The van der Waals surface area contributed by atoms with Gasteiger partial charge < -0.3 is 39.6 Å². The molecule has 170 valence electrons. The number of carboxylic acid groups (broad SMARTS) is 4. The van der Waals surface area contributed by atoms with Gasteiger partial charge in [-0.3, -0.25) is 0 Å². The van der Waals surface area contributed by atoms with Gasteiger partial charge in [-0.25, -0.2) is 0 Å². The molecule has 3 aromatic carbocycles. The molecule has 0 radical (unpaired) electrons. The Bertz CT molecular complexity index is 1200. The largest absolute Gasteiger partial charge is 1.00 e. The van der Waals surface area contributed by atoms with Crippen molar-refractivity contribution in [2.45, 2.75) is 0 Å². The van der Waals surface area contributed by atoms with Crippen molar-refractivity contribution in [1.29, 1.82) is 0 Å². The summed E-state index contributed by atoms with van der Waals surface area (Å²) in [5.41, 5.74) is 0.979. The zero-order valence-corrected chi connectivity index (χ0v) is 29.3. The molecule has 38 heavy (non-hydrogen) atoms. The molecule has 0 atom stereocenters. The Kier molecular flexibility index (Phi) is 18.9. The topological polar surface area (TPSA) is 161 Å². The van der Waals surface area contributed by atoms with E-state index < -0.39 is 23.9 Å². The van der Waals surface area contributed by atoms with Gasteiger partial charge in [0, 0.05) is 0 Å². The van der Waals surface area contributed by atoms with Crippen LogP contribution >= 0.6 is 0 Å². The third-order valence-corrected chi connectivity index (χ3v) is 4.73. The monoisotopic (exact) mass is 546 g/mol. The summed E-state index contributed by atoms with van der Waals surface area (Å²) in [5, 5.41) is 44.4. The van der Waals surface area contributed by atoms with Crippen molar-refractivity contribution in [1.82, 2.24) is 0 Å². The van der Waals surface area contributed by atoms with Crippen molar-refractivity contribution in [3.05, 3.63) is 105 Å². The van der Waals surface area contributed by atoms with E-state index in [-0.39, 0.29) is 140 Å². The van der Waals surface area contributed by atoms with Gasteiger partial charge in [-0.2, -0.15) is 0 Å². The van der Waals surface area contributed by atoms with Crippen molar-refractivity contribution >= 4 is 48.2 Å². The number of carbonyl (C=O) groups is 4. The average Bonchev–Trinajstić information content (AvgIpc) is 2.81. The second kappa shape index (κ2) is 18.4. The maximum Gasteiger partial charge on any atom is 1.00 e. The van der Waals surface area contributed by atoms with E-state index in [0.717, 1.165) is 23.3 Å². The van der Waals surface area contributed by atoms with Crippen LogP contribution in [0.1, 0.15) is 63.7 Å². The van der Waals surface area contributed by atoms with Gasteiger partial charge in [-0.05, 0) is 80.9 Å². The molecule has 0 aliphatic heterocycles. The second-order valence-corrected chi connectivity index (χ2v) is 7.17. The standard InChI is InChI=1S/C26H18O8.4Na/c27-23(28)19-9-17(10-20(13-19)24(29)30)7-5-15-1-2-16(4-3-15)6-8-18-11-21(25(31)32)14-22(12-18)26(33)34;;;;/h1-14H,(H,27,28)(H,29,30)(H,31,32)(H,33,34);;;;/q;4*+1/p-4/b7-5+,8-6+;;;;. The molecule has 12 heteroatoms. The molecule has 0 unspecified atom stereocenters. The van der Waals surface area contributed by atoms with E-state index >= 15 is 0 Å². The second-order valence-electron chi connectivity index (χ2n) is 7.17. The van der Waals surface area contributed by atoms with Gasteiger partial charge in [-0.15, -0.1) is 0 Å². The van der Waals surface area contributed by atoms with Crippen LogP contribution in [0.2, 0.25) is 0 Å². The van der Waals surface area contributed by atoms with Crippen molar-refractivity contribution in [2.75, 3.05) is 0 Å². The molecule has 0 saturated heterocycles. The molecule has 0 aromatic heterocycles. The quantitative estimate of drug-likeness (QED) is 0.199. The number of benzene rings is 3. The van der Waals surface area contributed by atoms with Gasteiger partial charge in [0.25, 0.3) is 0 Å². The van der Waals surface area contributed by atoms with E-state index in [1.54, 1.807) is 36.4 Å². The van der Waals surface area contributed by atoms with Crippen LogP contribution < -0.4 is 139 Å². The van der Waals surface area contributed by atoms with Gasteiger partial charge >= 0.3 is 118 Å². The normalized spacial score (nSPS) is 9.89. The van der Waals surface area contributed by atoms with Crippen LogP contribution in [-0.2, 0) is 0 Å². The van der Waals surface area contributed by atoms with Crippen LogP contribution in [0.25, 0.3) is 24.3 Å². The molecule has 0 heterocycles. The zero-order valence-electron chi connectivity index (χ0n) is 21.3. The maximum atomic E-state index is 11.1. The molecule has 0 N–H and O–H groups in total. The smallest absolute Gasteiger partial charge is 0.545 e. The van der Waals surface area contributed by atoms with Crippen molar-refractivity contribution < 1.29 is 158 Å². The summed E-state index contributed by atoms with van der Waals surface area (Å²) in [6, 6.07) is 14.0. The van der Waals surface area contributed by atoms with Crippen molar-refractivity contribution in [3.63, 3.8) is 0 Å². The minimum absolute atomic E-state index is 0. The Labute approximate surface area is 307 Å². The van der Waals surface area contributed by atoms with Crippen LogP contribution in [0.3, 0.4) is 0 Å². The summed E-state index contributed by atoms with van der Waals surface area (Å²) in [6.45, 7) is 0. The Morgan fingerprint density at radius 3 is 0.816 bits per heavy atom. The maximum absolute atomic E-state index is 11.1. The van der Waals surface area contributed by atoms with Crippen molar-refractivity contribution in [3.8, 4) is 0 Å². The molecule has 3 aromatic rings. The summed E-state index contributed by atoms with van der Waals surface area (Å²) in [4.78, 5) is 44.4. The number of rotatable bonds is 8. The number of aromatic carboxylic acids is 4. The molecular weight excluding hydrogens is 532 g/mol. The van der Waals surface area contributed by atoms with Gasteiger partial charge in [0.1, 0.15) is 0 Å². The van der Waals surface area contributed by atoms with E-state index in [0.29, 0.717) is 11.1 Å². The number of carbonyl (C=O) groups excluding carboxylic acids is 4. The summed E-state index contributed by atoms with van der Waals surface area (Å²) >= 11 is 0. The van der Waals surface area contributed by atoms with Gasteiger partial charge in [-0.1, -0.05) is 48.6 Å². The Morgan fingerprint density at radius 2 is 0.605 bits per heavy atom. The molecule has 0 amide bonds. The first kappa shape index (κ1) is 39.2.